The summed E-state index contributed by atoms with van der Waals surface area (Å²) in [6.45, 7) is 0.503. The molecule has 1 saturated carbocycles. The summed E-state index contributed by atoms with van der Waals surface area (Å²) in [5, 5.41) is 17.2. The largest absolute Gasteiger partial charge is 0.483 e. The minimum Gasteiger partial charge on any atom is -0.483 e. The Morgan fingerprint density at radius 1 is 0.781 bits per heavy atom. The van der Waals surface area contributed by atoms with Gasteiger partial charge in [-0.2, -0.15) is 0 Å². The van der Waals surface area contributed by atoms with Gasteiger partial charge < -0.3 is 14.9 Å². The van der Waals surface area contributed by atoms with E-state index >= 15 is 0 Å². The van der Waals surface area contributed by atoms with Crippen LogP contribution in [0.5, 0.6) is 0 Å². The van der Waals surface area contributed by atoms with Crippen molar-refractivity contribution in [3.63, 3.8) is 0 Å². The van der Waals surface area contributed by atoms with Crippen molar-refractivity contribution < 1.29 is 13.9 Å². The fourth-order valence-corrected chi connectivity index (χ4v) is 3.59. The predicted octanol–water partition coefficient (Wildman–Crippen LogP) is 6.17. The maximum atomic E-state index is 13.4. The van der Waals surface area contributed by atoms with Crippen LogP contribution < -0.4 is 0 Å². The highest BCUT2D eigenvalue weighted by Gasteiger charge is 2.47. The Kier molecular flexibility index (Phi) is 6.45. The molecule has 0 amide bonds. The summed E-state index contributed by atoms with van der Waals surface area (Å²) in [6, 6.07) is 25.6. The van der Waals surface area contributed by atoms with E-state index < -0.39 is 5.41 Å². The van der Waals surface area contributed by atoms with Gasteiger partial charge in [0.2, 0.25) is 5.90 Å². The number of hydrogen-bond donors (Lipinski definition) is 2. The number of ether oxygens (including phenoxy) is 2. The molecule has 32 heavy (non-hydrogen) atoms. The molecular formula is C27H25FN2O2. The quantitative estimate of drug-likeness (QED) is 0.243. The summed E-state index contributed by atoms with van der Waals surface area (Å²) in [5.74, 6) is -0.206. The molecule has 0 spiro atoms. The van der Waals surface area contributed by atoms with E-state index in [0.717, 1.165) is 29.5 Å². The van der Waals surface area contributed by atoms with Crippen LogP contribution >= 0.6 is 0 Å². The zero-order chi connectivity index (χ0) is 22.4. The third kappa shape index (κ3) is 5.11. The Morgan fingerprint density at radius 2 is 1.31 bits per heavy atom. The van der Waals surface area contributed by atoms with Crippen LogP contribution in [0.2, 0.25) is 0 Å². The van der Waals surface area contributed by atoms with Gasteiger partial charge >= 0.3 is 0 Å². The van der Waals surface area contributed by atoms with Gasteiger partial charge in [0.15, 0.2) is 5.76 Å². The number of allylic oxidation sites excluding steroid dienone is 1. The molecule has 1 aliphatic carbocycles. The summed E-state index contributed by atoms with van der Waals surface area (Å²) in [7, 11) is 0. The fourth-order valence-electron chi connectivity index (χ4n) is 3.59. The number of rotatable bonds is 9. The molecular weight excluding hydrogens is 403 g/mol. The average molecular weight is 429 g/mol. The molecule has 0 heterocycles. The van der Waals surface area contributed by atoms with Crippen LogP contribution in [0.15, 0.2) is 96.8 Å². The lowest BCUT2D eigenvalue weighted by atomic mass is 9.90. The molecule has 3 aromatic rings. The van der Waals surface area contributed by atoms with Gasteiger partial charge in [0.1, 0.15) is 19.0 Å². The van der Waals surface area contributed by atoms with E-state index in [1.165, 1.54) is 12.1 Å². The summed E-state index contributed by atoms with van der Waals surface area (Å²) >= 11 is 0. The van der Waals surface area contributed by atoms with Crippen molar-refractivity contribution >= 4 is 11.6 Å². The number of hydrogen-bond acceptors (Lipinski definition) is 4. The normalized spacial score (nSPS) is 14.5. The lowest BCUT2D eigenvalue weighted by Gasteiger charge is -2.18. The van der Waals surface area contributed by atoms with E-state index in [1.807, 2.05) is 60.7 Å². The Hall–Kier alpha value is -3.73. The van der Waals surface area contributed by atoms with Crippen LogP contribution in [0.4, 0.5) is 4.39 Å². The van der Waals surface area contributed by atoms with Gasteiger partial charge in [0.25, 0.3) is 0 Å². The highest BCUT2D eigenvalue weighted by atomic mass is 19.1. The standard InChI is InChI=1S/C27H25FN2O2/c28-23-13-11-22(12-14-23)27(15-16-27)25(29)17-24(31-18-20-7-3-1-4-8-20)26(30)32-19-21-9-5-2-6-10-21/h1-14,17,29-30H,15-16,18-19H2/b24-17+,29-25?,30-26?. The maximum Gasteiger partial charge on any atom is 0.249 e. The highest BCUT2D eigenvalue weighted by molar-refractivity contribution is 6.07. The smallest absolute Gasteiger partial charge is 0.249 e. The van der Waals surface area contributed by atoms with Crippen LogP contribution in [0, 0.1) is 16.6 Å². The second-order valence-corrected chi connectivity index (χ2v) is 7.89. The third-order valence-electron chi connectivity index (χ3n) is 5.62. The van der Waals surface area contributed by atoms with E-state index in [9.17, 15) is 4.39 Å². The van der Waals surface area contributed by atoms with Gasteiger partial charge in [0.05, 0.1) is 0 Å². The van der Waals surface area contributed by atoms with Gasteiger partial charge in [-0.15, -0.1) is 0 Å². The molecule has 0 radical (unpaired) electrons. The molecule has 0 atom stereocenters. The predicted molar refractivity (Wildman–Crippen MR) is 123 cm³/mol. The molecule has 5 heteroatoms. The molecule has 0 unspecified atom stereocenters. The number of benzene rings is 3. The second-order valence-electron chi connectivity index (χ2n) is 7.89. The van der Waals surface area contributed by atoms with Gasteiger partial charge in [0, 0.05) is 17.2 Å². The van der Waals surface area contributed by atoms with Crippen LogP contribution in [0.3, 0.4) is 0 Å². The molecule has 0 aromatic heterocycles. The van der Waals surface area contributed by atoms with Crippen LogP contribution in [0.1, 0.15) is 29.5 Å². The van der Waals surface area contributed by atoms with Gasteiger partial charge in [-0.1, -0.05) is 72.8 Å². The van der Waals surface area contributed by atoms with Crippen molar-refractivity contribution in [3.8, 4) is 0 Å². The maximum absolute atomic E-state index is 13.4. The zero-order valence-electron chi connectivity index (χ0n) is 17.7. The monoisotopic (exact) mass is 428 g/mol. The summed E-state index contributed by atoms with van der Waals surface area (Å²) in [5.41, 5.74) is 2.68. The summed E-state index contributed by atoms with van der Waals surface area (Å²) in [4.78, 5) is 0. The van der Waals surface area contributed by atoms with Gasteiger partial charge in [-0.25, -0.2) is 4.39 Å². The SMILES string of the molecule is N=C(OCc1ccccc1)/C(=C\C(=N)C1(c2ccc(F)cc2)CC1)OCc1ccccc1. The molecule has 0 saturated heterocycles. The zero-order valence-corrected chi connectivity index (χ0v) is 17.7. The molecule has 1 fully saturated rings. The summed E-state index contributed by atoms with van der Waals surface area (Å²) in [6.07, 6.45) is 3.18. The minimum absolute atomic E-state index is 0.121. The Bertz CT molecular complexity index is 1110. The summed E-state index contributed by atoms with van der Waals surface area (Å²) < 4.78 is 25.0. The van der Waals surface area contributed by atoms with E-state index in [4.69, 9.17) is 20.3 Å². The van der Waals surface area contributed by atoms with E-state index in [2.05, 4.69) is 0 Å². The first-order valence-electron chi connectivity index (χ1n) is 10.6. The molecule has 162 valence electrons. The van der Waals surface area contributed by atoms with Crippen LogP contribution in [-0.4, -0.2) is 11.6 Å². The topological polar surface area (TPSA) is 66.2 Å². The third-order valence-corrected chi connectivity index (χ3v) is 5.62. The van der Waals surface area contributed by atoms with Crippen molar-refractivity contribution in [1.29, 1.82) is 10.8 Å². The lowest BCUT2D eigenvalue weighted by Crippen LogP contribution is -2.20. The van der Waals surface area contributed by atoms with Crippen LogP contribution in [0.25, 0.3) is 0 Å². The molecule has 2 N–H and O–H groups in total. The van der Waals surface area contributed by atoms with Crippen molar-refractivity contribution in [2.45, 2.75) is 31.5 Å². The lowest BCUT2D eigenvalue weighted by molar-refractivity contribution is 0.191. The van der Waals surface area contributed by atoms with E-state index in [-0.39, 0.29) is 30.7 Å². The van der Waals surface area contributed by atoms with Crippen molar-refractivity contribution in [2.75, 3.05) is 0 Å². The molecule has 4 nitrogen and oxygen atoms in total. The second kappa shape index (κ2) is 9.60. The minimum atomic E-state index is -0.464. The molecule has 0 aliphatic heterocycles. The molecule has 4 rings (SSSR count). The molecule has 0 bridgehead atoms. The van der Waals surface area contributed by atoms with Crippen LogP contribution in [-0.2, 0) is 28.1 Å². The molecule has 3 aromatic carbocycles. The highest BCUT2D eigenvalue weighted by Crippen LogP contribution is 2.49. The first kappa shape index (κ1) is 21.5. The van der Waals surface area contributed by atoms with Crippen molar-refractivity contribution in [2.24, 2.45) is 0 Å². The van der Waals surface area contributed by atoms with Gasteiger partial charge in [-0.05, 0) is 41.7 Å². The van der Waals surface area contributed by atoms with E-state index in [1.54, 1.807) is 18.2 Å². The van der Waals surface area contributed by atoms with Crippen molar-refractivity contribution in [3.05, 3.63) is 119 Å². The Labute approximate surface area is 187 Å². The Morgan fingerprint density at radius 3 is 1.84 bits per heavy atom. The number of halogens is 1. The fraction of sp³-hybridized carbons (Fsp3) is 0.185. The van der Waals surface area contributed by atoms with Crippen molar-refractivity contribution in [1.82, 2.24) is 0 Å². The van der Waals surface area contributed by atoms with E-state index in [0.29, 0.717) is 5.71 Å². The Balaban J connectivity index is 1.53. The number of nitrogens with one attached hydrogen (secondary N) is 2. The first-order chi connectivity index (χ1) is 15.6. The van der Waals surface area contributed by atoms with Gasteiger partial charge in [-0.3, -0.25) is 5.41 Å². The first-order valence-corrected chi connectivity index (χ1v) is 10.6. The molecule has 1 aliphatic rings. The average Bonchev–Trinajstić information content (AvgIpc) is 3.64.